The smallest absolute Gasteiger partial charge is 0.371 e. The average molecular weight is 580 g/mol. The van der Waals surface area contributed by atoms with Gasteiger partial charge in [0, 0.05) is 19.0 Å². The molecule has 3 aromatic carbocycles. The van der Waals surface area contributed by atoms with Gasteiger partial charge in [-0.1, -0.05) is 61.7 Å². The fourth-order valence-electron chi connectivity index (χ4n) is 5.56. The highest BCUT2D eigenvalue weighted by Gasteiger charge is 2.29. The zero-order chi connectivity index (χ0) is 30.0. The van der Waals surface area contributed by atoms with Crippen molar-refractivity contribution in [3.63, 3.8) is 0 Å². The Labute approximate surface area is 244 Å². The predicted molar refractivity (Wildman–Crippen MR) is 157 cm³/mol. The summed E-state index contributed by atoms with van der Waals surface area (Å²) in [5, 5.41) is 21.3. The van der Waals surface area contributed by atoms with Crippen molar-refractivity contribution in [3.8, 4) is 17.2 Å². The number of ether oxygens (including phenoxy) is 1. The first kappa shape index (κ1) is 31.1. The number of aliphatic hydroxyl groups is 1. The molecule has 4 rings (SSSR count). The first-order valence-electron chi connectivity index (χ1n) is 14.3. The van der Waals surface area contributed by atoms with Crippen molar-refractivity contribution in [2.45, 2.75) is 70.2 Å². The molecule has 0 saturated heterocycles. The van der Waals surface area contributed by atoms with E-state index in [9.17, 15) is 18.0 Å². The Morgan fingerprint density at radius 1 is 1.05 bits per heavy atom. The zero-order valence-electron chi connectivity index (χ0n) is 23.5. The molecule has 1 aliphatic carbocycles. The lowest BCUT2D eigenvalue weighted by atomic mass is 9.92. The van der Waals surface area contributed by atoms with E-state index < -0.39 is 19.4 Å². The molecule has 0 radical (unpaired) electrons. The number of nitriles is 1. The Hall–Kier alpha value is -3.87. The average Bonchev–Trinajstić information content (AvgIpc) is 2.99. The summed E-state index contributed by atoms with van der Waals surface area (Å²) in [5.74, 6) is -0.270. The SMILES string of the molecule is N#Cc1ccc(CC(=O)Nc2cc(-c3ccccc3COCO)ccc2N(CCCC(F)(F)F)C2CCCCC2)cc1. The third kappa shape index (κ3) is 8.81. The molecule has 1 amide bonds. The Morgan fingerprint density at radius 2 is 1.79 bits per heavy atom. The van der Waals surface area contributed by atoms with Gasteiger partial charge in [-0.05, 0) is 65.8 Å². The highest BCUT2D eigenvalue weighted by Crippen LogP contribution is 2.37. The number of nitrogens with one attached hydrogen (secondary N) is 1. The lowest BCUT2D eigenvalue weighted by molar-refractivity contribution is -0.135. The summed E-state index contributed by atoms with van der Waals surface area (Å²) in [6.45, 7) is 0.00158. The first-order valence-corrected chi connectivity index (χ1v) is 14.3. The van der Waals surface area contributed by atoms with Crippen LogP contribution in [0.3, 0.4) is 0 Å². The fraction of sp³-hybridized carbons (Fsp3) is 0.394. The molecule has 0 aromatic heterocycles. The van der Waals surface area contributed by atoms with Gasteiger partial charge in [-0.15, -0.1) is 0 Å². The van der Waals surface area contributed by atoms with Gasteiger partial charge in [0.25, 0.3) is 0 Å². The van der Waals surface area contributed by atoms with Gasteiger partial charge in [-0.3, -0.25) is 4.79 Å². The Morgan fingerprint density at radius 3 is 2.48 bits per heavy atom. The number of alkyl halides is 3. The van der Waals surface area contributed by atoms with Crippen LogP contribution in [0.1, 0.15) is 61.6 Å². The van der Waals surface area contributed by atoms with Crippen LogP contribution in [-0.2, 0) is 22.6 Å². The van der Waals surface area contributed by atoms with Gasteiger partial charge in [-0.2, -0.15) is 18.4 Å². The normalized spacial score (nSPS) is 13.9. The van der Waals surface area contributed by atoms with Crippen molar-refractivity contribution >= 4 is 17.3 Å². The molecular weight excluding hydrogens is 543 g/mol. The number of carbonyl (C=O) groups excluding carboxylic acids is 1. The summed E-state index contributed by atoms with van der Waals surface area (Å²) in [4.78, 5) is 15.3. The van der Waals surface area contributed by atoms with E-state index in [0.717, 1.165) is 54.4 Å². The predicted octanol–water partition coefficient (Wildman–Crippen LogP) is 7.35. The van der Waals surface area contributed by atoms with Gasteiger partial charge < -0.3 is 20.1 Å². The second-order valence-corrected chi connectivity index (χ2v) is 10.6. The summed E-state index contributed by atoms with van der Waals surface area (Å²) in [7, 11) is 0. The second kappa shape index (κ2) is 14.9. The molecule has 0 aliphatic heterocycles. The number of nitrogens with zero attached hydrogens (tertiary/aromatic N) is 2. The third-order valence-corrected chi connectivity index (χ3v) is 7.58. The molecule has 9 heteroatoms. The Balaban J connectivity index is 1.70. The quantitative estimate of drug-likeness (QED) is 0.219. The minimum absolute atomic E-state index is 0.0400. The van der Waals surface area contributed by atoms with E-state index in [1.165, 1.54) is 0 Å². The summed E-state index contributed by atoms with van der Waals surface area (Å²) in [6, 6.07) is 22.2. The van der Waals surface area contributed by atoms with Crippen molar-refractivity contribution in [1.29, 1.82) is 5.26 Å². The van der Waals surface area contributed by atoms with Gasteiger partial charge in [-0.25, -0.2) is 0 Å². The number of amides is 1. The Bertz CT molecular complexity index is 1360. The highest BCUT2D eigenvalue weighted by atomic mass is 19.4. The van der Waals surface area contributed by atoms with E-state index in [1.54, 1.807) is 24.3 Å². The fourth-order valence-corrected chi connectivity index (χ4v) is 5.56. The molecular formula is C33H36F3N3O3. The molecule has 3 aromatic rings. The van der Waals surface area contributed by atoms with Gasteiger partial charge in [0.05, 0.1) is 36.0 Å². The minimum atomic E-state index is -4.24. The van der Waals surface area contributed by atoms with Crippen LogP contribution in [0.5, 0.6) is 0 Å². The molecule has 222 valence electrons. The van der Waals surface area contributed by atoms with E-state index in [-0.39, 0.29) is 37.9 Å². The molecule has 1 aliphatic rings. The van der Waals surface area contributed by atoms with Crippen molar-refractivity contribution in [3.05, 3.63) is 83.4 Å². The van der Waals surface area contributed by atoms with E-state index in [1.807, 2.05) is 47.4 Å². The van der Waals surface area contributed by atoms with Gasteiger partial charge >= 0.3 is 6.18 Å². The standard InChI is InChI=1S/C33H36F3N3O3/c34-33(35,36)17-6-18-39(28-8-2-1-3-9-28)31-16-15-26(29-10-5-4-7-27(29)22-42-23-40)20-30(31)38-32(41)19-24-11-13-25(21-37)14-12-24/h4-5,7,10-16,20,28,40H,1-3,6,8-9,17-19,22-23H2,(H,38,41). The number of aliphatic hydroxyl groups excluding tert-OH is 1. The molecule has 0 atom stereocenters. The molecule has 1 saturated carbocycles. The van der Waals surface area contributed by atoms with Crippen LogP contribution in [-0.4, -0.2) is 36.6 Å². The first-order chi connectivity index (χ1) is 20.3. The second-order valence-electron chi connectivity index (χ2n) is 10.6. The summed E-state index contributed by atoms with van der Waals surface area (Å²) in [6.07, 6.45) is -0.175. The number of benzene rings is 3. The monoisotopic (exact) mass is 579 g/mol. The van der Waals surface area contributed by atoms with Gasteiger partial charge in [0.15, 0.2) is 0 Å². The lowest BCUT2D eigenvalue weighted by Gasteiger charge is -2.37. The number of anilines is 2. The number of hydrogen-bond donors (Lipinski definition) is 2. The summed E-state index contributed by atoms with van der Waals surface area (Å²) < 4.78 is 44.6. The summed E-state index contributed by atoms with van der Waals surface area (Å²) in [5.41, 5.74) is 4.99. The summed E-state index contributed by atoms with van der Waals surface area (Å²) >= 11 is 0. The van der Waals surface area contributed by atoms with Crippen LogP contribution in [0.2, 0.25) is 0 Å². The molecule has 0 spiro atoms. The van der Waals surface area contributed by atoms with Crippen LogP contribution in [0.4, 0.5) is 24.5 Å². The van der Waals surface area contributed by atoms with Gasteiger partial charge in [0.1, 0.15) is 6.79 Å². The van der Waals surface area contributed by atoms with Crippen LogP contribution in [0, 0.1) is 11.3 Å². The van der Waals surface area contributed by atoms with Crippen molar-refractivity contribution in [2.24, 2.45) is 0 Å². The van der Waals surface area contributed by atoms with E-state index in [4.69, 9.17) is 15.1 Å². The largest absolute Gasteiger partial charge is 0.389 e. The molecule has 2 N–H and O–H groups in total. The topological polar surface area (TPSA) is 85.6 Å². The minimum Gasteiger partial charge on any atom is -0.371 e. The maximum atomic E-state index is 13.3. The molecule has 0 bridgehead atoms. The number of carbonyl (C=O) groups is 1. The molecule has 0 heterocycles. The van der Waals surface area contributed by atoms with Crippen molar-refractivity contribution in [1.82, 2.24) is 0 Å². The zero-order valence-corrected chi connectivity index (χ0v) is 23.5. The Kier molecular flexibility index (Phi) is 11.0. The third-order valence-electron chi connectivity index (χ3n) is 7.58. The maximum Gasteiger partial charge on any atom is 0.389 e. The number of hydrogen-bond acceptors (Lipinski definition) is 5. The molecule has 0 unspecified atom stereocenters. The molecule has 42 heavy (non-hydrogen) atoms. The molecule has 6 nitrogen and oxygen atoms in total. The number of halogens is 3. The number of rotatable bonds is 12. The van der Waals surface area contributed by atoms with E-state index in [2.05, 4.69) is 11.4 Å². The lowest BCUT2D eigenvalue weighted by Crippen LogP contribution is -2.38. The van der Waals surface area contributed by atoms with Crippen molar-refractivity contribution in [2.75, 3.05) is 23.6 Å². The van der Waals surface area contributed by atoms with Crippen LogP contribution in [0.25, 0.3) is 11.1 Å². The van der Waals surface area contributed by atoms with E-state index >= 15 is 0 Å². The van der Waals surface area contributed by atoms with E-state index in [0.29, 0.717) is 16.9 Å². The molecule has 1 fully saturated rings. The highest BCUT2D eigenvalue weighted by molar-refractivity contribution is 5.97. The van der Waals surface area contributed by atoms with Crippen LogP contribution < -0.4 is 10.2 Å². The van der Waals surface area contributed by atoms with Crippen molar-refractivity contribution < 1.29 is 27.8 Å². The van der Waals surface area contributed by atoms with Gasteiger partial charge in [0.2, 0.25) is 5.91 Å². The van der Waals surface area contributed by atoms with Crippen LogP contribution >= 0.6 is 0 Å². The maximum absolute atomic E-state index is 13.3. The van der Waals surface area contributed by atoms with Crippen LogP contribution in [0.15, 0.2) is 66.7 Å².